The van der Waals surface area contributed by atoms with E-state index >= 15 is 0 Å². The summed E-state index contributed by atoms with van der Waals surface area (Å²) in [6.07, 6.45) is -9.19. The van der Waals surface area contributed by atoms with Crippen molar-refractivity contribution in [3.05, 3.63) is 39.0 Å². The number of carbonyl (C=O) groups is 1. The zero-order valence-corrected chi connectivity index (χ0v) is 16.4. The van der Waals surface area contributed by atoms with Gasteiger partial charge in [-0.05, 0) is 12.1 Å². The van der Waals surface area contributed by atoms with E-state index in [0.29, 0.717) is 16.8 Å². The summed E-state index contributed by atoms with van der Waals surface area (Å²) >= 11 is 11.8. The Kier molecular flexibility index (Phi) is 6.39. The Morgan fingerprint density at radius 3 is 2.13 bits per heavy atom. The maximum atomic E-state index is 13.0. The average Bonchev–Trinajstić information content (AvgIpc) is 2.95. The lowest BCUT2D eigenvalue weighted by atomic mass is 10.1. The molecule has 2 rings (SSSR count). The van der Waals surface area contributed by atoms with E-state index in [1.807, 2.05) is 0 Å². The van der Waals surface area contributed by atoms with E-state index in [1.165, 1.54) is 25.1 Å². The summed E-state index contributed by atoms with van der Waals surface area (Å²) in [6.45, 7) is 0. The first kappa shape index (κ1) is 23.5. The molecule has 1 aromatic heterocycles. The van der Waals surface area contributed by atoms with Crippen molar-refractivity contribution in [3.63, 3.8) is 0 Å². The summed E-state index contributed by atoms with van der Waals surface area (Å²) < 4.78 is 78.5. The minimum atomic E-state index is -5.38. The molecular weight excluding hydrogens is 463 g/mol. The van der Waals surface area contributed by atoms with Gasteiger partial charge in [0, 0.05) is 14.1 Å². The molecule has 0 radical (unpaired) electrons. The summed E-state index contributed by atoms with van der Waals surface area (Å²) in [5, 5.41) is 11.5. The second-order valence-electron chi connectivity index (χ2n) is 5.89. The van der Waals surface area contributed by atoms with Gasteiger partial charge in [0.1, 0.15) is 17.3 Å². The summed E-state index contributed by atoms with van der Waals surface area (Å²) in [5.74, 6) is -3.21. The number of carbonyl (C=O) groups excluding carboxylic acids is 1. The van der Waals surface area contributed by atoms with Gasteiger partial charge in [-0.25, -0.2) is 9.67 Å². The van der Waals surface area contributed by atoms with Gasteiger partial charge in [-0.3, -0.25) is 4.79 Å². The first-order valence-corrected chi connectivity index (χ1v) is 8.36. The molecule has 1 heterocycles. The summed E-state index contributed by atoms with van der Waals surface area (Å²) in [6, 6.07) is 2.28. The monoisotopic (exact) mass is 471 g/mol. The molecule has 0 aliphatic carbocycles. The lowest BCUT2D eigenvalue weighted by molar-refractivity contribution is -0.137. The molecule has 2 aromatic rings. The first-order valence-electron chi connectivity index (χ1n) is 7.60. The molecular formula is C16H9Cl2F6N5O. The Labute approximate surface area is 174 Å². The van der Waals surface area contributed by atoms with E-state index < -0.39 is 56.5 Å². The molecule has 0 N–H and O–H groups in total. The van der Waals surface area contributed by atoms with E-state index in [-0.39, 0.29) is 0 Å². The van der Waals surface area contributed by atoms with Gasteiger partial charge < -0.3 is 4.90 Å². The fraction of sp³-hybridized carbons (Fsp3) is 0.250. The Hall–Kier alpha value is -2.78. The number of nitriles is 1. The van der Waals surface area contributed by atoms with Gasteiger partial charge >= 0.3 is 12.4 Å². The number of hydrogen-bond acceptors (Lipinski definition) is 4. The second kappa shape index (κ2) is 8.16. The van der Waals surface area contributed by atoms with Crippen molar-refractivity contribution in [2.75, 3.05) is 14.1 Å². The van der Waals surface area contributed by atoms with E-state index in [2.05, 4.69) is 10.1 Å². The van der Waals surface area contributed by atoms with Gasteiger partial charge in [-0.15, -0.1) is 0 Å². The van der Waals surface area contributed by atoms with Crippen LogP contribution in [-0.2, 0) is 6.18 Å². The van der Waals surface area contributed by atoms with Gasteiger partial charge in [-0.1, -0.05) is 23.2 Å². The van der Waals surface area contributed by atoms with Gasteiger partial charge in [0.15, 0.2) is 11.5 Å². The maximum Gasteiger partial charge on any atom is 0.455 e. The van der Waals surface area contributed by atoms with Crippen molar-refractivity contribution in [3.8, 4) is 11.8 Å². The Morgan fingerprint density at radius 1 is 1.20 bits per heavy atom. The second-order valence-corrected chi connectivity index (χ2v) is 6.71. The smallest absolute Gasteiger partial charge is 0.369 e. The third-order valence-corrected chi connectivity index (χ3v) is 3.99. The lowest BCUT2D eigenvalue weighted by Crippen LogP contribution is -2.23. The molecule has 0 fully saturated rings. The van der Waals surface area contributed by atoms with Crippen LogP contribution in [0.3, 0.4) is 0 Å². The first-order chi connectivity index (χ1) is 13.7. The van der Waals surface area contributed by atoms with Crippen LogP contribution in [0.5, 0.6) is 0 Å². The highest BCUT2D eigenvalue weighted by molar-refractivity contribution is 6.38. The van der Waals surface area contributed by atoms with Crippen molar-refractivity contribution < 1.29 is 31.1 Å². The van der Waals surface area contributed by atoms with Gasteiger partial charge in [0.05, 0.1) is 21.9 Å². The van der Waals surface area contributed by atoms with Crippen molar-refractivity contribution in [1.82, 2.24) is 14.7 Å². The number of alkyl halides is 6. The lowest BCUT2D eigenvalue weighted by Gasteiger charge is -2.14. The third-order valence-electron chi connectivity index (χ3n) is 3.42. The third kappa shape index (κ3) is 4.68. The van der Waals surface area contributed by atoms with Crippen LogP contribution >= 0.6 is 23.2 Å². The van der Waals surface area contributed by atoms with Crippen LogP contribution in [0.2, 0.25) is 10.0 Å². The van der Waals surface area contributed by atoms with Crippen LogP contribution < -0.4 is 0 Å². The number of nitrogens with zero attached hydrogens (tertiary/aromatic N) is 5. The number of benzene rings is 1. The van der Waals surface area contributed by atoms with E-state index in [0.717, 1.165) is 6.34 Å². The maximum absolute atomic E-state index is 13.0. The number of rotatable bonds is 4. The van der Waals surface area contributed by atoms with Crippen molar-refractivity contribution in [2.24, 2.45) is 4.99 Å². The van der Waals surface area contributed by atoms with Crippen LogP contribution in [-0.4, -0.2) is 47.1 Å². The number of ketones is 1. The summed E-state index contributed by atoms with van der Waals surface area (Å²) in [4.78, 5) is 16.9. The highest BCUT2D eigenvalue weighted by atomic mass is 35.5. The highest BCUT2D eigenvalue weighted by Crippen LogP contribution is 2.40. The van der Waals surface area contributed by atoms with Crippen LogP contribution in [0.4, 0.5) is 32.2 Å². The predicted octanol–water partition coefficient (Wildman–Crippen LogP) is 5.04. The molecule has 0 bridgehead atoms. The number of aromatic nitrogens is 2. The minimum absolute atomic E-state index is 0.473. The SMILES string of the molecule is CN(C)C=Nc1c(C(=O)C(F)(F)F)c(C#N)nn1-c1c(Cl)cc(C(F)(F)F)cc1Cl. The molecule has 0 amide bonds. The number of hydrogen-bond donors (Lipinski definition) is 0. The Balaban J connectivity index is 2.90. The predicted molar refractivity (Wildman–Crippen MR) is 95.5 cm³/mol. The van der Waals surface area contributed by atoms with Crippen LogP contribution in [0.1, 0.15) is 21.6 Å². The largest absolute Gasteiger partial charge is 0.455 e. The fourth-order valence-corrected chi connectivity index (χ4v) is 2.86. The highest BCUT2D eigenvalue weighted by Gasteiger charge is 2.44. The molecule has 0 aliphatic rings. The topological polar surface area (TPSA) is 74.3 Å². The molecule has 1 aromatic carbocycles. The molecule has 14 heteroatoms. The normalized spacial score (nSPS) is 12.3. The molecule has 0 saturated heterocycles. The Morgan fingerprint density at radius 2 is 1.73 bits per heavy atom. The van der Waals surface area contributed by atoms with Crippen molar-refractivity contribution >= 4 is 41.1 Å². The van der Waals surface area contributed by atoms with E-state index in [1.54, 1.807) is 0 Å². The van der Waals surface area contributed by atoms with Crippen LogP contribution in [0, 0.1) is 11.3 Å². The average molecular weight is 472 g/mol. The van der Waals surface area contributed by atoms with E-state index in [9.17, 15) is 31.1 Å². The van der Waals surface area contributed by atoms with Gasteiger partial charge in [0.2, 0.25) is 0 Å². The molecule has 30 heavy (non-hydrogen) atoms. The zero-order chi connectivity index (χ0) is 23.0. The van der Waals surface area contributed by atoms with E-state index in [4.69, 9.17) is 28.5 Å². The Bertz CT molecular complexity index is 1040. The standard InChI is InChI=1S/C16H9Cl2F6N5O/c1-28(2)6-26-14-11(13(30)16(22,23)24)10(5-25)27-29(14)12-8(17)3-7(4-9(12)18)15(19,20)21/h3-4,6H,1-2H3. The number of aliphatic imine (C=N–C) groups is 1. The molecule has 0 atom stereocenters. The fourth-order valence-electron chi connectivity index (χ4n) is 2.22. The summed E-state index contributed by atoms with van der Waals surface area (Å²) in [7, 11) is 2.91. The number of halogens is 8. The number of Topliss-reactive ketones (excluding diaryl/α,β-unsaturated/α-hetero) is 1. The molecule has 0 spiro atoms. The van der Waals surface area contributed by atoms with Crippen LogP contribution in [0.25, 0.3) is 5.69 Å². The molecule has 0 saturated carbocycles. The van der Waals surface area contributed by atoms with Gasteiger partial charge in [-0.2, -0.15) is 36.7 Å². The zero-order valence-electron chi connectivity index (χ0n) is 14.9. The van der Waals surface area contributed by atoms with Crippen LogP contribution in [0.15, 0.2) is 17.1 Å². The quantitative estimate of drug-likeness (QED) is 0.271. The molecule has 0 aliphatic heterocycles. The van der Waals surface area contributed by atoms with Crippen molar-refractivity contribution in [2.45, 2.75) is 12.4 Å². The minimum Gasteiger partial charge on any atom is -0.369 e. The molecule has 6 nitrogen and oxygen atoms in total. The molecule has 160 valence electrons. The van der Waals surface area contributed by atoms with Crippen molar-refractivity contribution in [1.29, 1.82) is 5.26 Å². The van der Waals surface area contributed by atoms with Gasteiger partial charge in [0.25, 0.3) is 5.78 Å². The summed E-state index contributed by atoms with van der Waals surface area (Å²) in [5.41, 5.74) is -3.88. The molecule has 0 unspecified atom stereocenters.